The van der Waals surface area contributed by atoms with Crippen LogP contribution in [0.4, 0.5) is 10.6 Å². The molecular weight excluding hydrogens is 488 g/mol. The first-order chi connectivity index (χ1) is 18.1. The van der Waals surface area contributed by atoms with Gasteiger partial charge in [-0.3, -0.25) is 9.59 Å². The molecule has 3 amide bonds. The largest absolute Gasteiger partial charge is 0.443 e. The van der Waals surface area contributed by atoms with Crippen molar-refractivity contribution >= 4 is 29.9 Å². The van der Waals surface area contributed by atoms with Gasteiger partial charge in [-0.25, -0.2) is 9.48 Å². The van der Waals surface area contributed by atoms with Gasteiger partial charge in [0.15, 0.2) is 0 Å². The lowest BCUT2D eigenvalue weighted by Gasteiger charge is -2.58. The molecule has 6 rings (SSSR count). The van der Waals surface area contributed by atoms with E-state index in [0.717, 1.165) is 37.9 Å². The Kier molecular flexibility index (Phi) is 7.15. The third kappa shape index (κ3) is 5.39. The van der Waals surface area contributed by atoms with Crippen LogP contribution in [0.5, 0.6) is 0 Å². The van der Waals surface area contributed by atoms with Crippen molar-refractivity contribution in [3.63, 3.8) is 0 Å². The van der Waals surface area contributed by atoms with Gasteiger partial charge in [0.25, 0.3) is 5.91 Å². The molecule has 4 bridgehead atoms. The number of ether oxygens (including phenoxy) is 2. The van der Waals surface area contributed by atoms with Gasteiger partial charge in [-0.2, -0.15) is 5.10 Å². The molecule has 4 N–H and O–H groups in total. The number of amides is 3. The molecule has 1 aliphatic heterocycles. The Morgan fingerprint density at radius 1 is 1.21 bits per heavy atom. The van der Waals surface area contributed by atoms with Crippen LogP contribution < -0.4 is 21.3 Å². The van der Waals surface area contributed by atoms with E-state index in [4.69, 9.17) is 15.2 Å². The molecule has 1 aromatic rings. The normalized spacial score (nSPS) is 30.4. The minimum absolute atomic E-state index is 0.0308. The van der Waals surface area contributed by atoms with E-state index in [2.05, 4.69) is 20.6 Å². The van der Waals surface area contributed by atoms with Gasteiger partial charge in [0.2, 0.25) is 5.91 Å². The maximum Gasteiger partial charge on any atom is 0.405 e. The van der Waals surface area contributed by atoms with Crippen molar-refractivity contribution in [2.45, 2.75) is 76.5 Å². The van der Waals surface area contributed by atoms with Crippen LogP contribution in [0.15, 0.2) is 12.3 Å². The predicted octanol–water partition coefficient (Wildman–Crippen LogP) is 2.27. The van der Waals surface area contributed by atoms with Crippen LogP contribution in [0.3, 0.4) is 0 Å². The van der Waals surface area contributed by atoms with E-state index in [1.165, 1.54) is 0 Å². The molecule has 0 spiro atoms. The van der Waals surface area contributed by atoms with Gasteiger partial charge < -0.3 is 30.7 Å². The van der Waals surface area contributed by atoms with Gasteiger partial charge in [0.1, 0.15) is 17.0 Å². The highest BCUT2D eigenvalue weighted by Gasteiger charge is 2.57. The number of aromatic nitrogens is 2. The molecule has 2 heterocycles. The summed E-state index contributed by atoms with van der Waals surface area (Å²) in [5, 5.41) is 10.9. The lowest BCUT2D eigenvalue weighted by molar-refractivity contribution is -0.137. The van der Waals surface area contributed by atoms with Crippen molar-refractivity contribution in [1.82, 2.24) is 20.4 Å². The second kappa shape index (κ2) is 10.2. The Morgan fingerprint density at radius 2 is 1.89 bits per heavy atom. The summed E-state index contributed by atoms with van der Waals surface area (Å²) >= 11 is 0. The Morgan fingerprint density at radius 3 is 2.53 bits per heavy atom. The van der Waals surface area contributed by atoms with Gasteiger partial charge in [-0.15, -0.1) is 0 Å². The van der Waals surface area contributed by atoms with Gasteiger partial charge in [0.05, 0.1) is 24.9 Å². The molecule has 0 aromatic carbocycles. The molecule has 4 aliphatic carbocycles. The quantitative estimate of drug-likeness (QED) is 0.470. The molecule has 1 saturated heterocycles. The van der Waals surface area contributed by atoms with Crippen LogP contribution in [-0.4, -0.2) is 71.2 Å². The average Bonchev–Trinajstić information content (AvgIpc) is 3.28. The summed E-state index contributed by atoms with van der Waals surface area (Å²) in [5.41, 5.74) is 4.86. The van der Waals surface area contributed by atoms with Gasteiger partial charge in [0, 0.05) is 31.8 Å². The van der Waals surface area contributed by atoms with Crippen molar-refractivity contribution in [1.29, 1.82) is 0 Å². The highest BCUT2D eigenvalue weighted by Crippen LogP contribution is 2.57. The smallest absolute Gasteiger partial charge is 0.405 e. The van der Waals surface area contributed by atoms with E-state index in [9.17, 15) is 14.4 Å². The van der Waals surface area contributed by atoms with Crippen molar-refractivity contribution in [2.75, 3.05) is 31.2 Å². The molecular formula is C27H40N6O5. The van der Waals surface area contributed by atoms with E-state index in [0.29, 0.717) is 44.2 Å². The van der Waals surface area contributed by atoms with E-state index in [-0.39, 0.29) is 29.7 Å². The summed E-state index contributed by atoms with van der Waals surface area (Å²) in [4.78, 5) is 39.4. The number of morpholine rings is 1. The van der Waals surface area contributed by atoms with Gasteiger partial charge in [-0.05, 0) is 69.8 Å². The molecule has 0 radical (unpaired) electrons. The second-order valence-corrected chi connectivity index (χ2v) is 11.9. The molecule has 5 aliphatic rings. The maximum absolute atomic E-state index is 13.7. The molecule has 1 aromatic heterocycles. The first-order valence-electron chi connectivity index (χ1n) is 13.8. The molecule has 38 heavy (non-hydrogen) atoms. The van der Waals surface area contributed by atoms with E-state index < -0.39 is 17.2 Å². The van der Waals surface area contributed by atoms with Gasteiger partial charge in [-0.1, -0.05) is 6.92 Å². The Labute approximate surface area is 223 Å². The molecule has 5 fully saturated rings. The first kappa shape index (κ1) is 26.5. The highest BCUT2D eigenvalue weighted by atomic mass is 16.6. The monoisotopic (exact) mass is 528 g/mol. The topological polar surface area (TPSA) is 141 Å². The molecule has 4 saturated carbocycles. The molecule has 11 nitrogen and oxygen atoms in total. The number of nitrogens with one attached hydrogen (secondary N) is 2. The van der Waals surface area contributed by atoms with E-state index in [1.807, 2.05) is 33.0 Å². The van der Waals surface area contributed by atoms with Crippen molar-refractivity contribution in [3.05, 3.63) is 17.8 Å². The minimum atomic E-state index is -0.708. The van der Waals surface area contributed by atoms with Crippen LogP contribution in [0, 0.1) is 17.8 Å². The zero-order chi connectivity index (χ0) is 27.1. The fourth-order valence-corrected chi connectivity index (χ4v) is 7.21. The number of carbonyl (C=O) groups is 3. The van der Waals surface area contributed by atoms with Crippen molar-refractivity contribution in [2.24, 2.45) is 23.5 Å². The summed E-state index contributed by atoms with van der Waals surface area (Å²) in [7, 11) is 0. The fraction of sp³-hybridized carbons (Fsp3) is 0.704. The molecule has 2 atom stereocenters. The highest BCUT2D eigenvalue weighted by molar-refractivity contribution is 5.99. The first-order valence-corrected chi connectivity index (χ1v) is 13.8. The zero-order valence-corrected chi connectivity index (χ0v) is 22.6. The zero-order valence-electron chi connectivity index (χ0n) is 22.6. The van der Waals surface area contributed by atoms with Crippen LogP contribution in [0.1, 0.15) is 69.7 Å². The lowest BCUT2D eigenvalue weighted by atomic mass is 9.52. The number of anilines is 1. The third-order valence-corrected chi connectivity index (χ3v) is 8.57. The summed E-state index contributed by atoms with van der Waals surface area (Å²) in [5.74, 6) is 1.56. The summed E-state index contributed by atoms with van der Waals surface area (Å²) in [6.07, 6.45) is 9.43. The Balaban J connectivity index is 1.36. The van der Waals surface area contributed by atoms with Gasteiger partial charge >= 0.3 is 6.09 Å². The molecule has 11 heteroatoms. The molecule has 208 valence electrons. The summed E-state index contributed by atoms with van der Waals surface area (Å²) in [6.45, 7) is 8.11. The Hall–Kier alpha value is -3.08. The van der Waals surface area contributed by atoms with E-state index >= 15 is 0 Å². The van der Waals surface area contributed by atoms with Crippen LogP contribution in [-0.2, 0) is 14.3 Å². The number of nitrogens with zero attached hydrogens (tertiary/aromatic N) is 3. The Bertz CT molecular complexity index is 1090. The van der Waals surface area contributed by atoms with Crippen molar-refractivity contribution in [3.8, 4) is 0 Å². The number of nitrogens with two attached hydrogens (primary N) is 1. The van der Waals surface area contributed by atoms with E-state index in [1.54, 1.807) is 10.9 Å². The third-order valence-electron chi connectivity index (χ3n) is 8.57. The SMILES string of the molecule is CCC(=O)NC(C)(C)C=Cn1ncc(C(=O)NC2C3CC4CC2CC(OC(N)=O)(C4)C3)c1N1CCOCC1. The number of hydrogen-bond donors (Lipinski definition) is 3. The number of carbonyl (C=O) groups excluding carboxylic acids is 3. The van der Waals surface area contributed by atoms with Crippen LogP contribution >= 0.6 is 0 Å². The maximum atomic E-state index is 13.7. The predicted molar refractivity (Wildman–Crippen MR) is 141 cm³/mol. The van der Waals surface area contributed by atoms with Crippen molar-refractivity contribution < 1.29 is 23.9 Å². The summed E-state index contributed by atoms with van der Waals surface area (Å²) < 4.78 is 12.9. The molecule has 2 unspecified atom stereocenters. The number of primary amides is 1. The fourth-order valence-electron chi connectivity index (χ4n) is 7.21. The minimum Gasteiger partial charge on any atom is -0.443 e. The van der Waals surface area contributed by atoms with Crippen LogP contribution in [0.2, 0.25) is 0 Å². The lowest BCUT2D eigenvalue weighted by Crippen LogP contribution is -2.63. The standard InChI is InChI=1S/C27H40N6O5/c1-4-21(34)31-26(2,3)5-6-33-24(32-7-9-37-10-8-32)20(16-29-33)23(35)30-22-18-11-17-12-19(22)15-27(13-17,14-18)38-25(28)36/h5-6,16-19,22H,4,7-15H2,1-3H3,(H2,28,36)(H,30,35)(H,31,34). The summed E-state index contributed by atoms with van der Waals surface area (Å²) in [6, 6.07) is 0.0308. The number of hydrogen-bond acceptors (Lipinski definition) is 7. The van der Waals surface area contributed by atoms with Crippen LogP contribution in [0.25, 0.3) is 6.20 Å². The average molecular weight is 529 g/mol. The second-order valence-electron chi connectivity index (χ2n) is 11.9. The number of rotatable bonds is 8.